The molecule has 10 rings (SSSR count). The summed E-state index contributed by atoms with van der Waals surface area (Å²) < 4.78 is 28.4. The maximum Gasteiger partial charge on any atom is 0.319 e. The van der Waals surface area contributed by atoms with E-state index in [0.717, 1.165) is 86.3 Å². The topological polar surface area (TPSA) is 122 Å². The van der Waals surface area contributed by atoms with Crippen LogP contribution >= 0.6 is 23.2 Å². The highest BCUT2D eigenvalue weighted by atomic mass is 35.5. The maximum atomic E-state index is 13.8. The van der Waals surface area contributed by atoms with Gasteiger partial charge < -0.3 is 26.5 Å². The Morgan fingerprint density at radius 1 is 0.618 bits per heavy atom. The van der Waals surface area contributed by atoms with Crippen molar-refractivity contribution < 1.29 is 23.1 Å². The molecule has 346 valence electrons. The molecule has 4 N–H and O–H groups in total. The summed E-state index contributed by atoms with van der Waals surface area (Å²) in [5, 5.41) is 27.6. The molecule has 0 saturated carbocycles. The summed E-state index contributed by atoms with van der Waals surface area (Å²) in [6.07, 6.45) is 10.9. The zero-order chi connectivity index (χ0) is 47.4. The third kappa shape index (κ3) is 11.9. The molecule has 2 aromatic heterocycles. The first-order valence-electron chi connectivity index (χ1n) is 22.5. The monoisotopic (exact) mass is 950 g/mol. The second-order valence-corrected chi connectivity index (χ2v) is 17.7. The Hall–Kier alpha value is -7.08. The van der Waals surface area contributed by atoms with E-state index in [2.05, 4.69) is 50.5 Å². The van der Waals surface area contributed by atoms with Gasteiger partial charge in [0, 0.05) is 63.9 Å². The summed E-state index contributed by atoms with van der Waals surface area (Å²) in [5.41, 5.74) is 8.00. The Balaban J connectivity index is 0.000000174. The van der Waals surface area contributed by atoms with E-state index < -0.39 is 0 Å². The van der Waals surface area contributed by atoms with Gasteiger partial charge in [0.05, 0.1) is 16.7 Å². The van der Waals surface area contributed by atoms with Crippen LogP contribution < -0.4 is 26.0 Å². The summed E-state index contributed by atoms with van der Waals surface area (Å²) >= 11 is 9.53. The lowest BCUT2D eigenvalue weighted by Crippen LogP contribution is -2.44. The molecule has 0 radical (unpaired) electrons. The molecule has 8 aromatic rings. The predicted molar refractivity (Wildman–Crippen MR) is 268 cm³/mol. The number of nitrogens with one attached hydrogen (secondary N) is 4. The molecule has 9 nitrogen and oxygen atoms in total. The minimum Gasteiger partial charge on any atom is -0.619 e. The maximum absolute atomic E-state index is 13.8. The number of alkyl halides is 2. The van der Waals surface area contributed by atoms with Gasteiger partial charge in [0.1, 0.15) is 11.6 Å². The summed E-state index contributed by atoms with van der Waals surface area (Å²) in [4.78, 5) is 30.1. The number of carbonyl (C=O) groups excluding carboxylic acids is 2. The fourth-order valence-electron chi connectivity index (χ4n) is 9.55. The number of pyridine rings is 2. The van der Waals surface area contributed by atoms with Gasteiger partial charge in [-0.05, 0) is 120 Å². The largest absolute Gasteiger partial charge is 0.619 e. The van der Waals surface area contributed by atoms with Crippen molar-refractivity contribution in [3.63, 3.8) is 0 Å². The standard InChI is InChI=1S/C27H24FN3O2.C27H24FN3O.CH2Cl2/c28-21-10-11-22-19(16-21)9-12-26(24(22)15-18-5-2-1-3-6-18)30-27(32)29-25-8-4-7-20-17-31(33)14-13-23(20)25;28-21-10-11-22-19(16-21)9-12-26(24(22)15-18-5-2-1-3-6-18)31-27(32)30-25-8-4-7-20-17-29-14-13-23(20)25;2-1-3/h1-8,10-11,13-14,16-17,24,26H,9,12,15H2,(H2,29,30,32);1-8,10-11,13-14,16-17,24,26H,9,12,15H2,(H2,30,31,32);1H2/t2*24-,26+;/m00./s1. The van der Waals surface area contributed by atoms with E-state index in [9.17, 15) is 23.6 Å². The number of carbonyl (C=O) groups is 2. The van der Waals surface area contributed by atoms with Gasteiger partial charge in [0.25, 0.3) is 0 Å². The van der Waals surface area contributed by atoms with Crippen molar-refractivity contribution in [1.82, 2.24) is 15.6 Å². The van der Waals surface area contributed by atoms with Crippen LogP contribution in [0.1, 0.15) is 58.1 Å². The smallest absolute Gasteiger partial charge is 0.319 e. The van der Waals surface area contributed by atoms with Crippen LogP contribution in [0.3, 0.4) is 0 Å². The molecular formula is C55H50Cl2F2N6O3. The number of hydrogen-bond donors (Lipinski definition) is 4. The molecule has 0 unspecified atom stereocenters. The number of benzene rings is 6. The molecule has 0 saturated heterocycles. The van der Waals surface area contributed by atoms with Crippen LogP contribution in [0.2, 0.25) is 0 Å². The Morgan fingerprint density at radius 3 is 1.62 bits per heavy atom. The molecule has 4 atom stereocenters. The van der Waals surface area contributed by atoms with E-state index in [1.54, 1.807) is 30.6 Å². The van der Waals surface area contributed by atoms with Crippen LogP contribution in [0.4, 0.5) is 29.7 Å². The summed E-state index contributed by atoms with van der Waals surface area (Å²) in [6, 6.07) is 44.5. The number of rotatable bonds is 8. The average Bonchev–Trinajstić information content (AvgIpc) is 3.34. The van der Waals surface area contributed by atoms with Gasteiger partial charge in [-0.3, -0.25) is 4.98 Å². The average molecular weight is 952 g/mol. The zero-order valence-corrected chi connectivity index (χ0v) is 38.6. The van der Waals surface area contributed by atoms with Crippen molar-refractivity contribution in [2.75, 3.05) is 16.0 Å². The van der Waals surface area contributed by atoms with E-state index in [1.807, 2.05) is 91.0 Å². The van der Waals surface area contributed by atoms with Crippen molar-refractivity contribution in [1.29, 1.82) is 0 Å². The highest BCUT2D eigenvalue weighted by Gasteiger charge is 2.33. The molecule has 6 aromatic carbocycles. The highest BCUT2D eigenvalue weighted by molar-refractivity contribution is 6.40. The van der Waals surface area contributed by atoms with E-state index >= 15 is 0 Å². The third-order valence-electron chi connectivity index (χ3n) is 12.6. The number of nitrogens with zero attached hydrogens (tertiary/aromatic N) is 2. The predicted octanol–water partition coefficient (Wildman–Crippen LogP) is 12.3. The van der Waals surface area contributed by atoms with E-state index in [4.69, 9.17) is 23.2 Å². The zero-order valence-electron chi connectivity index (χ0n) is 37.1. The van der Waals surface area contributed by atoms with Gasteiger partial charge in [-0.25, -0.2) is 18.4 Å². The minimum atomic E-state index is -0.296. The van der Waals surface area contributed by atoms with Gasteiger partial charge in [-0.1, -0.05) is 91.0 Å². The van der Waals surface area contributed by atoms with Crippen molar-refractivity contribution in [2.24, 2.45) is 0 Å². The Kier molecular flexibility index (Phi) is 15.8. The molecule has 2 aliphatic carbocycles. The summed E-state index contributed by atoms with van der Waals surface area (Å²) in [7, 11) is 0. The molecule has 0 spiro atoms. The fraction of sp³-hybridized carbons (Fsp3) is 0.200. The van der Waals surface area contributed by atoms with Gasteiger partial charge >= 0.3 is 12.1 Å². The first-order chi connectivity index (χ1) is 33.1. The molecule has 13 heteroatoms. The third-order valence-corrected chi connectivity index (χ3v) is 12.6. The van der Waals surface area contributed by atoms with Crippen molar-refractivity contribution in [2.45, 2.75) is 62.4 Å². The Bertz CT molecular complexity index is 3000. The normalized spacial score (nSPS) is 16.9. The Morgan fingerprint density at radius 2 is 1.10 bits per heavy atom. The number of hydrogen-bond acceptors (Lipinski definition) is 4. The summed E-state index contributed by atoms with van der Waals surface area (Å²) in [5.74, 6) is -0.331. The molecule has 2 heterocycles. The molecule has 4 amide bonds. The van der Waals surface area contributed by atoms with Crippen molar-refractivity contribution >= 4 is 68.2 Å². The summed E-state index contributed by atoms with van der Waals surface area (Å²) in [6.45, 7) is 0. The van der Waals surface area contributed by atoms with Crippen LogP contribution in [-0.4, -0.2) is 34.5 Å². The molecule has 2 aliphatic rings. The lowest BCUT2D eigenvalue weighted by Gasteiger charge is -2.34. The second-order valence-electron chi connectivity index (χ2n) is 16.9. The van der Waals surface area contributed by atoms with Crippen molar-refractivity contribution in [3.05, 3.63) is 221 Å². The van der Waals surface area contributed by atoms with Gasteiger partial charge in [0.2, 0.25) is 0 Å². The van der Waals surface area contributed by atoms with Gasteiger partial charge in [0.15, 0.2) is 12.4 Å². The van der Waals surface area contributed by atoms with Crippen molar-refractivity contribution in [3.8, 4) is 0 Å². The highest BCUT2D eigenvalue weighted by Crippen LogP contribution is 2.37. The SMILES string of the molecule is ClCCl.O=C(Nc1cccc2c[n+]([O-])ccc12)N[C@@H]1CCc2cc(F)ccc2[C@@H]1Cc1ccccc1.O=C(Nc1cccc2cnccc12)N[C@@H]1CCc2cc(F)ccc2[C@@H]1Cc1ccccc1. The van der Waals surface area contributed by atoms with Crippen LogP contribution in [0.25, 0.3) is 21.5 Å². The number of anilines is 2. The van der Waals surface area contributed by atoms with Crippen LogP contribution in [0, 0.1) is 16.8 Å². The quantitative estimate of drug-likeness (QED) is 0.0688. The number of fused-ring (bicyclic) bond motifs is 4. The van der Waals surface area contributed by atoms with Crippen LogP contribution in [0.5, 0.6) is 0 Å². The second kappa shape index (κ2) is 22.6. The number of urea groups is 2. The van der Waals surface area contributed by atoms with Gasteiger partial charge in [-0.15, -0.1) is 23.2 Å². The fourth-order valence-corrected chi connectivity index (χ4v) is 9.55. The molecule has 0 fully saturated rings. The molecule has 68 heavy (non-hydrogen) atoms. The first-order valence-corrected chi connectivity index (χ1v) is 23.6. The van der Waals surface area contributed by atoms with E-state index in [0.29, 0.717) is 12.1 Å². The molecular weight excluding hydrogens is 902 g/mol. The first kappa shape index (κ1) is 47.4. The number of halogens is 4. The number of aromatic nitrogens is 2. The van der Waals surface area contributed by atoms with Gasteiger partial charge in [-0.2, -0.15) is 4.73 Å². The van der Waals surface area contributed by atoms with Crippen LogP contribution in [-0.2, 0) is 25.7 Å². The Labute approximate surface area is 404 Å². The molecule has 0 aliphatic heterocycles. The number of aryl methyl sites for hydroxylation is 2. The van der Waals surface area contributed by atoms with Crippen LogP contribution in [0.15, 0.2) is 170 Å². The lowest BCUT2D eigenvalue weighted by molar-refractivity contribution is -0.603. The number of amides is 4. The molecule has 0 bridgehead atoms. The lowest BCUT2D eigenvalue weighted by atomic mass is 9.76. The minimum absolute atomic E-state index is 0.0365. The van der Waals surface area contributed by atoms with E-state index in [1.165, 1.54) is 35.7 Å². The van der Waals surface area contributed by atoms with E-state index in [-0.39, 0.29) is 53.0 Å².